The minimum atomic E-state index is -2.66. The van der Waals surface area contributed by atoms with Crippen molar-refractivity contribution in [3.8, 4) is 34.5 Å². The minimum Gasteiger partial charge on any atom is -0.504 e. The van der Waals surface area contributed by atoms with Crippen molar-refractivity contribution in [3.63, 3.8) is 0 Å². The van der Waals surface area contributed by atoms with E-state index in [0.29, 0.717) is 0 Å². The van der Waals surface area contributed by atoms with Crippen LogP contribution in [0.2, 0.25) is 0 Å². The zero-order valence-corrected chi connectivity index (χ0v) is 28.9. The van der Waals surface area contributed by atoms with Gasteiger partial charge in [-0.15, -0.1) is 0 Å². The second-order valence-electron chi connectivity index (χ2n) is 12.2. The van der Waals surface area contributed by atoms with Gasteiger partial charge in [-0.3, -0.25) is 9.59 Å². The topological polar surface area (TPSA) is 301 Å². The quantitative estimate of drug-likeness (QED) is 0.0504. The van der Waals surface area contributed by atoms with Gasteiger partial charge in [0.1, 0.15) is 12.2 Å². The molecule has 18 heteroatoms. The molecular weight excluding hydrogens is 744 g/mol. The number of hydrogen-bond acceptors (Lipinski definition) is 16. The Labute approximate surface area is 316 Å². The summed E-state index contributed by atoms with van der Waals surface area (Å²) in [7, 11) is 0. The lowest BCUT2D eigenvalue weighted by Gasteiger charge is -2.43. The third kappa shape index (κ3) is 11.3. The molecule has 1 aliphatic carbocycles. The number of phenols is 6. The van der Waals surface area contributed by atoms with E-state index in [4.69, 9.17) is 24.1 Å². The van der Waals surface area contributed by atoms with Crippen molar-refractivity contribution in [3.05, 3.63) is 89.5 Å². The Morgan fingerprint density at radius 2 is 0.946 bits per heavy atom. The Morgan fingerprint density at radius 1 is 0.554 bits per heavy atom. The molecule has 0 aliphatic heterocycles. The molecule has 8 N–H and O–H groups in total. The van der Waals surface area contributed by atoms with Gasteiger partial charge in [-0.25, -0.2) is 19.2 Å². The second-order valence-corrected chi connectivity index (χ2v) is 12.2. The fourth-order valence-corrected chi connectivity index (χ4v) is 5.32. The first-order valence-electron chi connectivity index (χ1n) is 16.3. The molecule has 1 aliphatic rings. The van der Waals surface area contributed by atoms with Gasteiger partial charge in [0.2, 0.25) is 5.60 Å². The van der Waals surface area contributed by atoms with Crippen LogP contribution in [0.1, 0.15) is 42.4 Å². The van der Waals surface area contributed by atoms with E-state index in [0.717, 1.165) is 72.9 Å². The molecule has 0 unspecified atom stereocenters. The second kappa shape index (κ2) is 18.0. The lowest BCUT2D eigenvalue weighted by molar-refractivity contribution is -0.219. The average molecular weight is 779 g/mol. The summed E-state index contributed by atoms with van der Waals surface area (Å²) >= 11 is 0. The molecule has 2 atom stereocenters. The van der Waals surface area contributed by atoms with Crippen LogP contribution in [-0.2, 0) is 47.7 Å². The van der Waals surface area contributed by atoms with Gasteiger partial charge in [0.25, 0.3) is 0 Å². The smallest absolute Gasteiger partial charge is 0.348 e. The first kappa shape index (κ1) is 41.3. The molecule has 56 heavy (non-hydrogen) atoms. The summed E-state index contributed by atoms with van der Waals surface area (Å²) < 4.78 is 21.8. The molecule has 0 aromatic heterocycles. The van der Waals surface area contributed by atoms with Crippen LogP contribution in [0, 0.1) is 0 Å². The Balaban J connectivity index is 1.71. The highest BCUT2D eigenvalue weighted by atomic mass is 16.6. The number of aliphatic carboxylic acids is 2. The largest absolute Gasteiger partial charge is 0.504 e. The van der Waals surface area contributed by atoms with Crippen LogP contribution in [0.3, 0.4) is 0 Å². The minimum absolute atomic E-state index is 0.180. The van der Waals surface area contributed by atoms with Crippen LogP contribution < -0.4 is 0 Å². The van der Waals surface area contributed by atoms with E-state index in [-0.39, 0.29) is 16.7 Å². The van der Waals surface area contributed by atoms with Gasteiger partial charge >= 0.3 is 35.8 Å². The van der Waals surface area contributed by atoms with E-state index >= 15 is 0 Å². The maximum Gasteiger partial charge on any atom is 0.348 e. The summed E-state index contributed by atoms with van der Waals surface area (Å²) in [4.78, 5) is 76.3. The van der Waals surface area contributed by atoms with E-state index in [2.05, 4.69) is 0 Å². The van der Waals surface area contributed by atoms with E-state index in [1.54, 1.807) is 0 Å². The molecule has 0 amide bonds. The van der Waals surface area contributed by atoms with Crippen LogP contribution in [-0.4, -0.2) is 101 Å². The maximum atomic E-state index is 13.1. The molecule has 3 aromatic rings. The number of carbonyl (C=O) groups excluding carboxylic acids is 4. The van der Waals surface area contributed by atoms with Crippen molar-refractivity contribution in [2.24, 2.45) is 0 Å². The number of hydrogen-bond donors (Lipinski definition) is 8. The molecule has 1 fully saturated rings. The van der Waals surface area contributed by atoms with Gasteiger partial charge in [0, 0.05) is 31.1 Å². The summed E-state index contributed by atoms with van der Waals surface area (Å²) in [6, 6.07) is 10.6. The van der Waals surface area contributed by atoms with E-state index in [9.17, 15) is 64.5 Å². The van der Waals surface area contributed by atoms with E-state index in [1.807, 2.05) is 0 Å². The normalized spacial score (nSPS) is 19.4. The van der Waals surface area contributed by atoms with E-state index < -0.39 is 120 Å². The Bertz CT molecular complexity index is 2010. The summed E-state index contributed by atoms with van der Waals surface area (Å²) in [5.74, 6) is -11.0. The van der Waals surface area contributed by atoms with Crippen LogP contribution in [0.5, 0.6) is 34.5 Å². The molecule has 3 aromatic carbocycles. The van der Waals surface area contributed by atoms with Gasteiger partial charge < -0.3 is 59.8 Å². The van der Waals surface area contributed by atoms with E-state index in [1.165, 1.54) is 18.2 Å². The molecule has 18 nitrogen and oxygen atoms in total. The Hall–Kier alpha value is -7.50. The molecule has 4 rings (SSSR count). The third-order valence-electron chi connectivity index (χ3n) is 8.06. The highest BCUT2D eigenvalue weighted by Crippen LogP contribution is 2.38. The molecule has 1 saturated carbocycles. The fourth-order valence-electron chi connectivity index (χ4n) is 5.32. The molecule has 0 spiro atoms. The summed E-state index contributed by atoms with van der Waals surface area (Å²) in [6.07, 6.45) is -2.95. The van der Waals surface area contributed by atoms with Gasteiger partial charge in [-0.1, -0.05) is 18.2 Å². The van der Waals surface area contributed by atoms with Crippen molar-refractivity contribution in [1.29, 1.82) is 0 Å². The number of phenolic OH excluding ortho intramolecular Hbond substituents is 6. The standard InChI is InChI=1S/C38H34O18/c39-23-7-1-20(15-26(23)42)4-11-32(47)53-29-18-38(37(51)52,56-35(50)13-6-22-3-9-25(41)28(44)17-22)19-30(36(29)55-34(49)14-10-31(45)46)54-33(48)12-5-21-2-8-24(40)27(43)16-21/h1-9,11-13,15-17,29-30,36,39-44H,10,14,18-19H2,(H,45,46)(H,51,52)/b11-4+,12-5+,13-6-/t29-,30-,36?,38?/m1/s1. The number of carboxylic acids is 2. The lowest BCUT2D eigenvalue weighted by atomic mass is 9.79. The van der Waals surface area contributed by atoms with Gasteiger partial charge in [0.05, 0.1) is 12.8 Å². The number of benzene rings is 3. The van der Waals surface area contributed by atoms with Crippen LogP contribution in [0.4, 0.5) is 0 Å². The fraction of sp³-hybridized carbons (Fsp3) is 0.211. The Morgan fingerprint density at radius 3 is 1.30 bits per heavy atom. The molecular formula is C38H34O18. The molecule has 0 saturated heterocycles. The lowest BCUT2D eigenvalue weighted by Crippen LogP contribution is -2.60. The summed E-state index contributed by atoms with van der Waals surface area (Å²) in [5, 5.41) is 77.6. The van der Waals surface area contributed by atoms with Gasteiger partial charge in [-0.2, -0.15) is 0 Å². The van der Waals surface area contributed by atoms with Gasteiger partial charge in [-0.05, 0) is 71.3 Å². The number of rotatable bonds is 14. The summed E-state index contributed by atoms with van der Waals surface area (Å²) in [5.41, 5.74) is -2.09. The first-order chi connectivity index (χ1) is 26.4. The third-order valence-corrected chi connectivity index (χ3v) is 8.06. The Kier molecular flexibility index (Phi) is 13.3. The van der Waals surface area contributed by atoms with Crippen LogP contribution >= 0.6 is 0 Å². The van der Waals surface area contributed by atoms with Crippen molar-refractivity contribution in [1.82, 2.24) is 0 Å². The van der Waals surface area contributed by atoms with Crippen LogP contribution in [0.15, 0.2) is 72.8 Å². The number of ether oxygens (including phenoxy) is 4. The zero-order valence-electron chi connectivity index (χ0n) is 28.9. The molecule has 0 radical (unpaired) electrons. The number of esters is 4. The van der Waals surface area contributed by atoms with Crippen LogP contribution in [0.25, 0.3) is 18.2 Å². The van der Waals surface area contributed by atoms with Crippen molar-refractivity contribution < 1.29 is 88.6 Å². The average Bonchev–Trinajstić information content (AvgIpc) is 3.13. The molecule has 0 bridgehead atoms. The predicted octanol–water partition coefficient (Wildman–Crippen LogP) is 3.12. The molecule has 294 valence electrons. The number of aromatic hydroxyl groups is 6. The summed E-state index contributed by atoms with van der Waals surface area (Å²) in [6.45, 7) is 0. The zero-order chi connectivity index (χ0) is 41.2. The number of carbonyl (C=O) groups is 6. The molecule has 0 heterocycles. The van der Waals surface area contributed by atoms with Crippen molar-refractivity contribution in [2.45, 2.75) is 49.6 Å². The predicted molar refractivity (Wildman–Crippen MR) is 189 cm³/mol. The van der Waals surface area contributed by atoms with Gasteiger partial charge in [0.15, 0.2) is 40.6 Å². The monoisotopic (exact) mass is 778 g/mol. The maximum absolute atomic E-state index is 13.1. The highest BCUT2D eigenvalue weighted by Gasteiger charge is 2.57. The number of carboxylic acid groups (broad SMARTS) is 2. The van der Waals surface area contributed by atoms with Crippen molar-refractivity contribution in [2.75, 3.05) is 0 Å². The SMILES string of the molecule is O=C(O)CCC(=O)OC1[C@H](OC(=O)/C=C/c2ccc(O)c(O)c2)CC(OC(=O)/C=C\c2ccc(O)c(O)c2)(C(=O)O)C[C@H]1OC(=O)/C=C/c1ccc(O)c(O)c1. The highest BCUT2D eigenvalue weighted by molar-refractivity contribution is 5.91. The van der Waals surface area contributed by atoms with Crippen molar-refractivity contribution >= 4 is 54.0 Å². The first-order valence-corrected chi connectivity index (χ1v) is 16.3.